The van der Waals surface area contributed by atoms with Crippen molar-refractivity contribution in [3.8, 4) is 5.75 Å². The van der Waals surface area contributed by atoms with E-state index in [1.165, 1.54) is 13.3 Å². The van der Waals surface area contributed by atoms with Crippen LogP contribution in [-0.4, -0.2) is 18.6 Å². The Kier molecular flexibility index (Phi) is 7.29. The number of hydrogen-bond donors (Lipinski definition) is 0. The molecule has 0 aliphatic heterocycles. The van der Waals surface area contributed by atoms with Crippen LogP contribution in [0.3, 0.4) is 0 Å². The predicted octanol–water partition coefficient (Wildman–Crippen LogP) is 4.06. The molecule has 0 aliphatic carbocycles. The molecule has 0 saturated heterocycles. The number of nitrogens with zero attached hydrogens (tertiary/aromatic N) is 1. The lowest BCUT2D eigenvalue weighted by molar-refractivity contribution is -0.747. The van der Waals surface area contributed by atoms with Crippen LogP contribution in [0.5, 0.6) is 5.75 Å². The van der Waals surface area contributed by atoms with Crippen LogP contribution in [0.1, 0.15) is 12.5 Å². The molecule has 110 valence electrons. The van der Waals surface area contributed by atoms with Crippen molar-refractivity contribution in [3.05, 3.63) is 77.4 Å². The van der Waals surface area contributed by atoms with Gasteiger partial charge in [-0.3, -0.25) is 0 Å². The highest BCUT2D eigenvalue weighted by atomic mass is 16.7. The monoisotopic (exact) mass is 286 g/mol. The first-order valence-electron chi connectivity index (χ1n) is 6.55. The summed E-state index contributed by atoms with van der Waals surface area (Å²) in [5, 5.41) is 0. The van der Waals surface area contributed by atoms with Gasteiger partial charge in [0.05, 0.1) is 4.91 Å². The van der Waals surface area contributed by atoms with Crippen LogP contribution in [0.25, 0.3) is 6.08 Å². The van der Waals surface area contributed by atoms with Crippen LogP contribution in [0, 0.1) is 4.91 Å². The second-order valence-electron chi connectivity index (χ2n) is 4.10. The van der Waals surface area contributed by atoms with Crippen molar-refractivity contribution in [2.24, 2.45) is 0 Å². The minimum atomic E-state index is 0.380. The average molecular weight is 286 g/mol. The van der Waals surface area contributed by atoms with E-state index in [9.17, 15) is 4.91 Å². The predicted molar refractivity (Wildman–Crippen MR) is 84.7 cm³/mol. The molecule has 0 aromatic heterocycles. The molecule has 0 bridgehead atoms. The Balaban J connectivity index is 2.68. The summed E-state index contributed by atoms with van der Waals surface area (Å²) < 4.78 is 5.72. The molecule has 0 N–H and O–H groups in total. The Morgan fingerprint density at radius 3 is 2.90 bits per heavy atom. The molecule has 0 unspecified atom stereocenters. The number of hydrogen-bond acceptors (Lipinski definition) is 3. The summed E-state index contributed by atoms with van der Waals surface area (Å²) in [4.78, 5) is 15.8. The van der Waals surface area contributed by atoms with Gasteiger partial charge in [-0.1, -0.05) is 43.0 Å². The van der Waals surface area contributed by atoms with E-state index in [2.05, 4.69) is 11.4 Å². The first kappa shape index (κ1) is 16.4. The third-order valence-corrected chi connectivity index (χ3v) is 2.65. The van der Waals surface area contributed by atoms with Crippen molar-refractivity contribution < 1.29 is 14.5 Å². The van der Waals surface area contributed by atoms with Gasteiger partial charge in [-0.2, -0.15) is 0 Å². The Morgan fingerprint density at radius 2 is 2.24 bits per heavy atom. The standard InChI is InChI=1S/C17H20NO3/c1-4-6-8-15(5-2)14-21-17-10-7-9-16(13-17)11-12-18(19)20-3/h4-13H,1,14H2,2-3H3/q+1/b8-6-,12-11+,15-5+. The zero-order valence-electron chi connectivity index (χ0n) is 12.4. The van der Waals surface area contributed by atoms with E-state index in [1.54, 1.807) is 12.2 Å². The van der Waals surface area contributed by atoms with E-state index >= 15 is 0 Å². The van der Waals surface area contributed by atoms with Gasteiger partial charge in [0.15, 0.2) is 7.11 Å². The van der Waals surface area contributed by atoms with Gasteiger partial charge in [0.2, 0.25) is 0 Å². The highest BCUT2D eigenvalue weighted by Crippen LogP contribution is 2.15. The molecule has 0 radical (unpaired) electrons. The number of rotatable bonds is 8. The highest BCUT2D eigenvalue weighted by Gasteiger charge is 2.01. The van der Waals surface area contributed by atoms with Crippen molar-refractivity contribution in [2.75, 3.05) is 13.7 Å². The highest BCUT2D eigenvalue weighted by molar-refractivity contribution is 5.50. The first-order valence-corrected chi connectivity index (χ1v) is 6.55. The summed E-state index contributed by atoms with van der Waals surface area (Å²) in [6, 6.07) is 7.46. The molecule has 1 aromatic rings. The van der Waals surface area contributed by atoms with E-state index in [4.69, 9.17) is 4.74 Å². The van der Waals surface area contributed by atoms with Gasteiger partial charge >= 0.3 is 0 Å². The number of benzene rings is 1. The lowest BCUT2D eigenvalue weighted by Crippen LogP contribution is -1.99. The number of ether oxygens (including phenoxy) is 1. The van der Waals surface area contributed by atoms with Gasteiger partial charge in [-0.05, 0) is 30.2 Å². The maximum atomic E-state index is 11.0. The summed E-state index contributed by atoms with van der Waals surface area (Å²) in [7, 11) is 1.31. The quantitative estimate of drug-likeness (QED) is 0.534. The summed E-state index contributed by atoms with van der Waals surface area (Å²) in [5.74, 6) is 0.735. The largest absolute Gasteiger partial charge is 0.489 e. The summed E-state index contributed by atoms with van der Waals surface area (Å²) in [6.07, 6.45) is 10.5. The fourth-order valence-electron chi connectivity index (χ4n) is 1.50. The van der Waals surface area contributed by atoms with Crippen LogP contribution in [0.15, 0.2) is 66.9 Å². The van der Waals surface area contributed by atoms with Crippen molar-refractivity contribution >= 4 is 6.08 Å². The molecule has 0 atom stereocenters. The molecule has 0 amide bonds. The van der Waals surface area contributed by atoms with Crippen molar-refractivity contribution in [2.45, 2.75) is 6.92 Å². The van der Waals surface area contributed by atoms with Gasteiger partial charge in [0, 0.05) is 6.08 Å². The molecule has 4 nitrogen and oxygen atoms in total. The van der Waals surface area contributed by atoms with Crippen molar-refractivity contribution in [1.29, 1.82) is 0 Å². The third kappa shape index (κ3) is 6.38. The zero-order valence-corrected chi connectivity index (χ0v) is 12.4. The molecular weight excluding hydrogens is 266 g/mol. The first-order chi connectivity index (χ1) is 10.2. The van der Waals surface area contributed by atoms with E-state index in [-0.39, 0.29) is 0 Å². The Hall–Kier alpha value is -2.62. The lowest BCUT2D eigenvalue weighted by atomic mass is 10.2. The molecule has 1 aromatic carbocycles. The van der Waals surface area contributed by atoms with Crippen LogP contribution in [-0.2, 0) is 4.84 Å². The van der Waals surface area contributed by atoms with Gasteiger partial charge in [-0.15, -0.1) is 0 Å². The Labute approximate surface area is 125 Å². The smallest absolute Gasteiger partial charge is 0.282 e. The van der Waals surface area contributed by atoms with Crippen molar-refractivity contribution in [3.63, 3.8) is 0 Å². The molecular formula is C17H20NO3+. The van der Waals surface area contributed by atoms with Gasteiger partial charge in [0.1, 0.15) is 12.4 Å². The molecule has 0 spiro atoms. The fraction of sp³-hybridized carbons (Fsp3) is 0.176. The summed E-state index contributed by atoms with van der Waals surface area (Å²) in [5.41, 5.74) is 1.91. The van der Waals surface area contributed by atoms with Crippen LogP contribution in [0.4, 0.5) is 0 Å². The maximum Gasteiger partial charge on any atom is 0.282 e. The lowest BCUT2D eigenvalue weighted by Gasteiger charge is -2.07. The Morgan fingerprint density at radius 1 is 1.43 bits per heavy atom. The molecule has 0 heterocycles. The van der Waals surface area contributed by atoms with Gasteiger partial charge in [-0.25, -0.2) is 4.84 Å². The van der Waals surface area contributed by atoms with Crippen LogP contribution >= 0.6 is 0 Å². The second kappa shape index (κ2) is 9.31. The molecule has 21 heavy (non-hydrogen) atoms. The van der Waals surface area contributed by atoms with Crippen LogP contribution in [0.2, 0.25) is 0 Å². The minimum Gasteiger partial charge on any atom is -0.489 e. The topological polar surface area (TPSA) is 38.5 Å². The Bertz CT molecular complexity index is 571. The normalized spacial score (nSPS) is 11.8. The van der Waals surface area contributed by atoms with Gasteiger partial charge < -0.3 is 4.74 Å². The zero-order chi connectivity index (χ0) is 15.5. The van der Waals surface area contributed by atoms with E-state index < -0.39 is 0 Å². The summed E-state index contributed by atoms with van der Waals surface area (Å²) >= 11 is 0. The molecule has 0 aliphatic rings. The SMILES string of the molecule is C=C/C=C\C(=C/C)COc1cccc(/C=C/[N+](=O)OC)c1. The van der Waals surface area contributed by atoms with E-state index in [0.29, 0.717) is 11.5 Å². The molecule has 0 fully saturated rings. The second-order valence-corrected chi connectivity index (χ2v) is 4.10. The van der Waals surface area contributed by atoms with E-state index in [0.717, 1.165) is 16.9 Å². The molecule has 1 rings (SSSR count). The molecule has 0 saturated carbocycles. The van der Waals surface area contributed by atoms with E-state index in [1.807, 2.05) is 49.4 Å². The summed E-state index contributed by atoms with van der Waals surface area (Å²) in [6.45, 7) is 6.07. The van der Waals surface area contributed by atoms with Crippen molar-refractivity contribution in [1.82, 2.24) is 0 Å². The van der Waals surface area contributed by atoms with Gasteiger partial charge in [0.25, 0.3) is 11.1 Å². The van der Waals surface area contributed by atoms with Crippen LogP contribution < -0.4 is 4.74 Å². The average Bonchev–Trinajstić information content (AvgIpc) is 2.53. The third-order valence-electron chi connectivity index (χ3n) is 2.65. The number of allylic oxidation sites excluding steroid dienone is 3. The maximum absolute atomic E-state index is 11.0. The molecule has 4 heteroatoms. The fourth-order valence-corrected chi connectivity index (χ4v) is 1.50. The minimum absolute atomic E-state index is 0.380.